The topological polar surface area (TPSA) is 129 Å². The Morgan fingerprint density at radius 3 is 2.57 bits per heavy atom. The van der Waals surface area contributed by atoms with Crippen molar-refractivity contribution < 1.29 is 14.0 Å². The number of benzene rings is 1. The number of anilines is 2. The number of nitrogens with one attached hydrogen (secondary N) is 3. The van der Waals surface area contributed by atoms with Gasteiger partial charge in [-0.2, -0.15) is 0 Å². The zero-order valence-electron chi connectivity index (χ0n) is 23.6. The SMILES string of the molecule is Cc1ncc(NC(=O)CN2CCCCC2)cc1NC(=O)c1cnc2[nH]c(-c3ccc(F)c(C(N)=C4CCC4)c3)cc2c1. The van der Waals surface area contributed by atoms with Crippen LogP contribution in [0.15, 0.2) is 54.4 Å². The number of carbonyl (C=O) groups excluding carboxylic acids is 2. The number of amides is 2. The van der Waals surface area contributed by atoms with E-state index in [1.807, 2.05) is 6.07 Å². The number of hydrogen-bond donors (Lipinski definition) is 4. The van der Waals surface area contributed by atoms with Crippen LogP contribution < -0.4 is 16.4 Å². The highest BCUT2D eigenvalue weighted by Gasteiger charge is 2.19. The molecule has 4 aromatic rings. The molecule has 3 aromatic heterocycles. The molecular weight excluding hydrogens is 533 g/mol. The van der Waals surface area contributed by atoms with Crippen LogP contribution in [-0.4, -0.2) is 51.3 Å². The van der Waals surface area contributed by atoms with Crippen molar-refractivity contribution in [3.8, 4) is 11.3 Å². The number of carbonyl (C=O) groups is 2. The van der Waals surface area contributed by atoms with Crippen molar-refractivity contribution in [1.82, 2.24) is 19.9 Å². The second-order valence-electron chi connectivity index (χ2n) is 11.1. The van der Waals surface area contributed by atoms with Crippen LogP contribution in [0.3, 0.4) is 0 Å². The van der Waals surface area contributed by atoms with E-state index < -0.39 is 0 Å². The maximum absolute atomic E-state index is 14.6. The number of nitrogens with zero attached hydrogens (tertiary/aromatic N) is 3. The number of allylic oxidation sites excluding steroid dienone is 1. The number of H-pyrrole nitrogens is 1. The molecule has 2 aliphatic rings. The molecule has 1 aliphatic carbocycles. The Kier molecular flexibility index (Phi) is 7.71. The van der Waals surface area contributed by atoms with Gasteiger partial charge in [0.05, 0.1) is 35.4 Å². The van der Waals surface area contributed by atoms with Crippen molar-refractivity contribution in [2.75, 3.05) is 30.3 Å². The molecule has 6 rings (SSSR count). The van der Waals surface area contributed by atoms with Gasteiger partial charge < -0.3 is 21.4 Å². The summed E-state index contributed by atoms with van der Waals surface area (Å²) in [6, 6.07) is 10.2. The first-order valence-electron chi connectivity index (χ1n) is 14.4. The predicted molar refractivity (Wildman–Crippen MR) is 162 cm³/mol. The summed E-state index contributed by atoms with van der Waals surface area (Å²) in [5, 5.41) is 6.53. The molecule has 10 heteroatoms. The summed E-state index contributed by atoms with van der Waals surface area (Å²) in [4.78, 5) is 40.0. The second-order valence-corrected chi connectivity index (χ2v) is 11.1. The molecule has 9 nitrogen and oxygen atoms in total. The minimum Gasteiger partial charge on any atom is -0.398 e. The third kappa shape index (κ3) is 5.89. The van der Waals surface area contributed by atoms with Crippen LogP contribution in [0.25, 0.3) is 28.0 Å². The third-order valence-electron chi connectivity index (χ3n) is 8.07. The summed E-state index contributed by atoms with van der Waals surface area (Å²) < 4.78 is 14.6. The molecule has 216 valence electrons. The monoisotopic (exact) mass is 567 g/mol. The van der Waals surface area contributed by atoms with Crippen molar-refractivity contribution in [2.24, 2.45) is 5.73 Å². The number of pyridine rings is 2. The lowest BCUT2D eigenvalue weighted by Gasteiger charge is -2.25. The number of hydrogen-bond acceptors (Lipinski definition) is 6. The van der Waals surface area contributed by atoms with Crippen molar-refractivity contribution in [2.45, 2.75) is 45.4 Å². The van der Waals surface area contributed by atoms with Crippen LogP contribution in [-0.2, 0) is 4.79 Å². The molecule has 0 spiro atoms. The molecule has 42 heavy (non-hydrogen) atoms. The van der Waals surface area contributed by atoms with E-state index in [4.69, 9.17) is 5.73 Å². The molecule has 2 fully saturated rings. The van der Waals surface area contributed by atoms with Gasteiger partial charge >= 0.3 is 0 Å². The summed E-state index contributed by atoms with van der Waals surface area (Å²) >= 11 is 0. The first-order valence-corrected chi connectivity index (χ1v) is 14.4. The number of likely N-dealkylation sites (tertiary alicyclic amines) is 1. The van der Waals surface area contributed by atoms with Gasteiger partial charge in [-0.15, -0.1) is 0 Å². The van der Waals surface area contributed by atoms with E-state index in [0.29, 0.717) is 46.1 Å². The fraction of sp³-hybridized carbons (Fsp3) is 0.312. The largest absolute Gasteiger partial charge is 0.398 e. The molecule has 2 amide bonds. The lowest BCUT2D eigenvalue weighted by atomic mass is 9.88. The Morgan fingerprint density at radius 2 is 1.81 bits per heavy atom. The van der Waals surface area contributed by atoms with Gasteiger partial charge in [0.1, 0.15) is 11.5 Å². The Morgan fingerprint density at radius 1 is 1.00 bits per heavy atom. The van der Waals surface area contributed by atoms with Gasteiger partial charge in [0.25, 0.3) is 5.91 Å². The maximum atomic E-state index is 14.6. The highest BCUT2D eigenvalue weighted by atomic mass is 19.1. The normalized spacial score (nSPS) is 15.3. The van der Waals surface area contributed by atoms with Gasteiger partial charge in [-0.05, 0) is 99.7 Å². The van der Waals surface area contributed by atoms with Crippen LogP contribution >= 0.6 is 0 Å². The van der Waals surface area contributed by atoms with Gasteiger partial charge in [0.15, 0.2) is 0 Å². The standard InChI is InChI=1S/C32H34FN7O2/c1-19-27(15-24(17-35-19)37-29(41)18-40-10-3-2-4-11-40)39-32(42)23-12-22-14-28(38-31(22)36-16-23)21-8-9-26(33)25(13-21)30(34)20-6-5-7-20/h8-9,12-17H,2-7,10-11,18,34H2,1H3,(H,36,38)(H,37,41)(H,39,42). The quantitative estimate of drug-likeness (QED) is 0.230. The molecule has 1 saturated heterocycles. The van der Waals surface area contributed by atoms with Gasteiger partial charge in [0.2, 0.25) is 5.91 Å². The predicted octanol–water partition coefficient (Wildman–Crippen LogP) is 5.60. The summed E-state index contributed by atoms with van der Waals surface area (Å²) in [5.41, 5.74) is 12.4. The van der Waals surface area contributed by atoms with Gasteiger partial charge in [0, 0.05) is 28.5 Å². The van der Waals surface area contributed by atoms with Crippen molar-refractivity contribution in [1.29, 1.82) is 0 Å². The molecular formula is C32H34FN7O2. The Labute approximate surface area is 243 Å². The average molecular weight is 568 g/mol. The summed E-state index contributed by atoms with van der Waals surface area (Å²) in [7, 11) is 0. The number of aryl methyl sites for hydroxylation is 1. The van der Waals surface area contributed by atoms with E-state index in [0.717, 1.165) is 67.4 Å². The zero-order chi connectivity index (χ0) is 29.2. The van der Waals surface area contributed by atoms with E-state index in [1.54, 1.807) is 37.4 Å². The van der Waals surface area contributed by atoms with Crippen LogP contribution in [0, 0.1) is 12.7 Å². The molecule has 1 saturated carbocycles. The molecule has 0 bridgehead atoms. The van der Waals surface area contributed by atoms with Crippen LogP contribution in [0.4, 0.5) is 15.8 Å². The highest BCUT2D eigenvalue weighted by Crippen LogP contribution is 2.34. The number of piperidine rings is 1. The van der Waals surface area contributed by atoms with Crippen molar-refractivity contribution in [3.63, 3.8) is 0 Å². The molecule has 0 radical (unpaired) electrons. The van der Waals surface area contributed by atoms with E-state index in [-0.39, 0.29) is 17.6 Å². The number of aromatic amines is 1. The van der Waals surface area contributed by atoms with Gasteiger partial charge in [-0.25, -0.2) is 9.37 Å². The fourth-order valence-corrected chi connectivity index (χ4v) is 5.45. The summed E-state index contributed by atoms with van der Waals surface area (Å²) in [6.45, 7) is 3.99. The minimum atomic E-state index is -0.349. The first-order chi connectivity index (χ1) is 20.3. The lowest BCUT2D eigenvalue weighted by molar-refractivity contribution is -0.117. The molecule has 1 aromatic carbocycles. The molecule has 0 atom stereocenters. The number of aromatic nitrogens is 3. The number of halogens is 1. The second kappa shape index (κ2) is 11.7. The van der Waals surface area contributed by atoms with E-state index in [2.05, 4.69) is 30.5 Å². The Hall–Kier alpha value is -4.57. The van der Waals surface area contributed by atoms with Crippen LogP contribution in [0.2, 0.25) is 0 Å². The van der Waals surface area contributed by atoms with Crippen molar-refractivity contribution >= 4 is 39.9 Å². The zero-order valence-corrected chi connectivity index (χ0v) is 23.6. The number of nitrogens with two attached hydrogens (primary N) is 1. The van der Waals surface area contributed by atoms with Gasteiger partial charge in [-0.1, -0.05) is 6.42 Å². The average Bonchev–Trinajstić information content (AvgIpc) is 3.38. The number of rotatable bonds is 7. The molecule has 4 heterocycles. The van der Waals surface area contributed by atoms with E-state index in [1.165, 1.54) is 18.7 Å². The van der Waals surface area contributed by atoms with Crippen LogP contribution in [0.1, 0.15) is 60.1 Å². The number of fused-ring (bicyclic) bond motifs is 1. The molecule has 1 aliphatic heterocycles. The Balaban J connectivity index is 1.17. The molecule has 5 N–H and O–H groups in total. The molecule has 0 unspecified atom stereocenters. The van der Waals surface area contributed by atoms with Gasteiger partial charge in [-0.3, -0.25) is 19.5 Å². The Bertz CT molecular complexity index is 1700. The summed E-state index contributed by atoms with van der Waals surface area (Å²) in [5.74, 6) is -0.801. The minimum absolute atomic E-state index is 0.103. The summed E-state index contributed by atoms with van der Waals surface area (Å²) in [6.07, 6.45) is 9.42. The third-order valence-corrected chi connectivity index (χ3v) is 8.07. The fourth-order valence-electron chi connectivity index (χ4n) is 5.45. The maximum Gasteiger partial charge on any atom is 0.257 e. The van der Waals surface area contributed by atoms with E-state index >= 15 is 0 Å². The smallest absolute Gasteiger partial charge is 0.257 e. The van der Waals surface area contributed by atoms with Crippen LogP contribution in [0.5, 0.6) is 0 Å². The van der Waals surface area contributed by atoms with E-state index in [9.17, 15) is 14.0 Å². The van der Waals surface area contributed by atoms with Crippen molar-refractivity contribution in [3.05, 3.63) is 77.0 Å². The lowest BCUT2D eigenvalue weighted by Crippen LogP contribution is -2.36. The highest BCUT2D eigenvalue weighted by molar-refractivity contribution is 6.06. The first kappa shape index (κ1) is 27.6.